The van der Waals surface area contributed by atoms with Crippen molar-refractivity contribution in [3.63, 3.8) is 0 Å². The van der Waals surface area contributed by atoms with E-state index in [1.165, 1.54) is 11.3 Å². The first-order valence-corrected chi connectivity index (χ1v) is 6.93. The fourth-order valence-electron chi connectivity index (χ4n) is 1.46. The van der Waals surface area contributed by atoms with Crippen molar-refractivity contribution in [3.05, 3.63) is 56.2 Å². The smallest absolute Gasteiger partial charge is 0.102 e. The molecule has 0 aliphatic rings. The van der Waals surface area contributed by atoms with Crippen LogP contribution in [0.4, 0.5) is 0 Å². The van der Waals surface area contributed by atoms with Gasteiger partial charge in [0.25, 0.3) is 0 Å². The number of hydrogen-bond acceptors (Lipinski definition) is 2. The molecule has 5 heteroatoms. The van der Waals surface area contributed by atoms with Crippen LogP contribution >= 0.6 is 46.1 Å². The summed E-state index contributed by atoms with van der Waals surface area (Å²) in [6, 6.07) is 10.8. The van der Waals surface area contributed by atoms with E-state index in [4.69, 9.17) is 34.8 Å². The molecule has 0 unspecified atom stereocenters. The molecule has 0 N–H and O–H groups in total. The van der Waals surface area contributed by atoms with Crippen molar-refractivity contribution in [2.45, 2.75) is 0 Å². The minimum atomic E-state index is 0.351. The third-order valence-corrected chi connectivity index (χ3v) is 3.95. The molecular weight excluding hydrogens is 309 g/mol. The summed E-state index contributed by atoms with van der Waals surface area (Å²) in [6.07, 6.45) is 0. The van der Waals surface area contributed by atoms with Gasteiger partial charge in [-0.25, -0.2) is 0 Å². The molecule has 0 spiro atoms. The first-order valence-electron chi connectivity index (χ1n) is 4.92. The molecule has 0 saturated carbocycles. The van der Waals surface area contributed by atoms with Crippen molar-refractivity contribution in [3.8, 4) is 6.07 Å². The molecule has 0 radical (unpaired) electrons. The highest BCUT2D eigenvalue weighted by molar-refractivity contribution is 7.11. The number of rotatable bonds is 2. The Bertz CT molecular complexity index is 619. The molecule has 0 aliphatic carbocycles. The van der Waals surface area contributed by atoms with Crippen LogP contribution in [-0.4, -0.2) is 0 Å². The monoisotopic (exact) mass is 313 g/mol. The maximum atomic E-state index is 9.22. The van der Waals surface area contributed by atoms with Crippen LogP contribution in [0.2, 0.25) is 10.0 Å². The van der Waals surface area contributed by atoms with E-state index in [-0.39, 0.29) is 0 Å². The van der Waals surface area contributed by atoms with Gasteiger partial charge in [0.15, 0.2) is 0 Å². The predicted molar refractivity (Wildman–Crippen MR) is 79.1 cm³/mol. The van der Waals surface area contributed by atoms with E-state index in [1.807, 2.05) is 17.5 Å². The van der Waals surface area contributed by atoms with E-state index >= 15 is 0 Å². The number of halogens is 3. The first kappa shape index (κ1) is 13.5. The molecule has 1 nitrogen and oxygen atoms in total. The van der Waals surface area contributed by atoms with E-state index in [1.54, 1.807) is 18.2 Å². The highest BCUT2D eigenvalue weighted by Crippen LogP contribution is 2.33. The second kappa shape index (κ2) is 5.77. The Morgan fingerprint density at radius 1 is 1.17 bits per heavy atom. The summed E-state index contributed by atoms with van der Waals surface area (Å²) in [5.74, 6) is 0. The van der Waals surface area contributed by atoms with Gasteiger partial charge in [-0.3, -0.25) is 0 Å². The molecule has 1 aromatic heterocycles. The summed E-state index contributed by atoms with van der Waals surface area (Å²) < 4.78 is 0. The van der Waals surface area contributed by atoms with Gasteiger partial charge in [0.2, 0.25) is 0 Å². The van der Waals surface area contributed by atoms with Gasteiger partial charge in [0, 0.05) is 14.9 Å². The number of allylic oxidation sites excluding steroid dienone is 1. The fourth-order valence-corrected chi connectivity index (χ4v) is 3.02. The van der Waals surface area contributed by atoms with Crippen LogP contribution in [0.25, 0.3) is 10.6 Å². The first-order chi connectivity index (χ1) is 8.61. The molecule has 18 heavy (non-hydrogen) atoms. The van der Waals surface area contributed by atoms with E-state index in [0.717, 1.165) is 4.88 Å². The lowest BCUT2D eigenvalue weighted by molar-refractivity contribution is 1.54. The maximum absolute atomic E-state index is 9.22. The van der Waals surface area contributed by atoms with E-state index < -0.39 is 0 Å². The van der Waals surface area contributed by atoms with Crippen LogP contribution in [0.1, 0.15) is 10.4 Å². The minimum absolute atomic E-state index is 0.351. The lowest BCUT2D eigenvalue weighted by Gasteiger charge is -2.04. The van der Waals surface area contributed by atoms with Gasteiger partial charge in [-0.2, -0.15) is 5.26 Å². The number of thiophene rings is 1. The molecule has 90 valence electrons. The molecule has 0 amide bonds. The lowest BCUT2D eigenvalue weighted by atomic mass is 10.1. The number of hydrogen-bond donors (Lipinski definition) is 0. The summed E-state index contributed by atoms with van der Waals surface area (Å²) in [5.41, 5.74) is 1.06. The Kier molecular flexibility index (Phi) is 4.31. The van der Waals surface area contributed by atoms with Crippen LogP contribution in [0.5, 0.6) is 0 Å². The third kappa shape index (κ3) is 2.88. The highest BCUT2D eigenvalue weighted by atomic mass is 35.5. The second-order valence-electron chi connectivity index (χ2n) is 3.44. The zero-order valence-corrected chi connectivity index (χ0v) is 12.0. The second-order valence-corrected chi connectivity index (χ2v) is 5.63. The Labute approximate surface area is 124 Å². The van der Waals surface area contributed by atoms with Crippen molar-refractivity contribution in [1.29, 1.82) is 5.26 Å². The molecule has 0 fully saturated rings. The Morgan fingerprint density at radius 2 is 1.83 bits per heavy atom. The van der Waals surface area contributed by atoms with Crippen molar-refractivity contribution < 1.29 is 0 Å². The quantitative estimate of drug-likeness (QED) is 0.654. The van der Waals surface area contributed by atoms with Gasteiger partial charge >= 0.3 is 0 Å². The summed E-state index contributed by atoms with van der Waals surface area (Å²) >= 11 is 19.6. The molecule has 0 saturated heterocycles. The molecule has 0 bridgehead atoms. The van der Waals surface area contributed by atoms with Crippen molar-refractivity contribution in [1.82, 2.24) is 0 Å². The van der Waals surface area contributed by atoms with Crippen LogP contribution in [0.3, 0.4) is 0 Å². The summed E-state index contributed by atoms with van der Waals surface area (Å²) in [4.78, 5) is 0.818. The van der Waals surface area contributed by atoms with Gasteiger partial charge in [-0.15, -0.1) is 11.3 Å². The molecule has 2 aromatic rings. The van der Waals surface area contributed by atoms with E-state index in [0.29, 0.717) is 26.2 Å². The SMILES string of the molecule is N#CC(=C(Cl)c1cc(Cl)cc(Cl)c1)c1cccs1. The lowest BCUT2D eigenvalue weighted by Crippen LogP contribution is -1.84. The number of nitrogens with zero attached hydrogens (tertiary/aromatic N) is 1. The van der Waals surface area contributed by atoms with Crippen LogP contribution in [0, 0.1) is 11.3 Å². The van der Waals surface area contributed by atoms with Crippen LogP contribution < -0.4 is 0 Å². The Hall–Kier alpha value is -0.980. The van der Waals surface area contributed by atoms with Gasteiger partial charge in [-0.1, -0.05) is 40.9 Å². The van der Waals surface area contributed by atoms with Crippen LogP contribution in [-0.2, 0) is 0 Å². The van der Waals surface area contributed by atoms with E-state index in [2.05, 4.69) is 6.07 Å². The third-order valence-electron chi connectivity index (χ3n) is 2.21. The standard InChI is InChI=1S/C13H6Cl3NS/c14-9-4-8(5-10(15)6-9)13(16)11(7-17)12-2-1-3-18-12/h1-6H. The summed E-state index contributed by atoms with van der Waals surface area (Å²) in [7, 11) is 0. The number of nitriles is 1. The molecule has 0 atom stereocenters. The molecule has 2 rings (SSSR count). The van der Waals surface area contributed by atoms with Gasteiger partial charge in [0.05, 0.1) is 10.6 Å². The van der Waals surface area contributed by atoms with Gasteiger partial charge in [0.1, 0.15) is 6.07 Å². The molecule has 0 aliphatic heterocycles. The van der Waals surface area contributed by atoms with E-state index in [9.17, 15) is 5.26 Å². The average molecular weight is 315 g/mol. The zero-order chi connectivity index (χ0) is 13.1. The summed E-state index contributed by atoms with van der Waals surface area (Å²) in [5, 5.41) is 12.4. The predicted octanol–water partition coefficient (Wildman–Crippen LogP) is 5.69. The average Bonchev–Trinajstić information content (AvgIpc) is 2.82. The topological polar surface area (TPSA) is 23.8 Å². The molecular formula is C13H6Cl3NS. The zero-order valence-electron chi connectivity index (χ0n) is 8.95. The largest absolute Gasteiger partial charge is 0.192 e. The van der Waals surface area contributed by atoms with Crippen LogP contribution in [0.15, 0.2) is 35.7 Å². The molecule has 1 aromatic carbocycles. The van der Waals surface area contributed by atoms with Crippen molar-refractivity contribution in [2.75, 3.05) is 0 Å². The van der Waals surface area contributed by atoms with Crippen molar-refractivity contribution in [2.24, 2.45) is 0 Å². The van der Waals surface area contributed by atoms with Crippen molar-refractivity contribution >= 4 is 56.7 Å². The minimum Gasteiger partial charge on any atom is -0.192 e. The molecule has 1 heterocycles. The summed E-state index contributed by atoms with van der Waals surface area (Å²) in [6.45, 7) is 0. The fraction of sp³-hybridized carbons (Fsp3) is 0. The number of benzene rings is 1. The Balaban J connectivity index is 2.58. The highest BCUT2D eigenvalue weighted by Gasteiger charge is 2.11. The normalized spacial score (nSPS) is 11.9. The van der Waals surface area contributed by atoms with Gasteiger partial charge < -0.3 is 0 Å². The van der Waals surface area contributed by atoms with Gasteiger partial charge in [-0.05, 0) is 35.2 Å². The Morgan fingerprint density at radius 3 is 2.33 bits per heavy atom. The maximum Gasteiger partial charge on any atom is 0.102 e.